The largest absolute Gasteiger partial charge is 0.508 e. The molecule has 1 aliphatic heterocycles. The second-order valence-electron chi connectivity index (χ2n) is 9.54. The van der Waals surface area contributed by atoms with Crippen molar-refractivity contribution < 1.29 is 23.5 Å². The van der Waals surface area contributed by atoms with Crippen molar-refractivity contribution in [1.82, 2.24) is 0 Å². The van der Waals surface area contributed by atoms with Crippen molar-refractivity contribution in [3.63, 3.8) is 0 Å². The van der Waals surface area contributed by atoms with E-state index in [4.69, 9.17) is 25.4 Å². The SMILES string of the molecule is Cc1cc(OC[P@@]2(=O)OC=C[C@@H](c3cccc(Cl)c3)O2)c(C)c(C)c1Cc1ccc(O)c(C(C)C)c1. The molecule has 3 aromatic rings. The van der Waals surface area contributed by atoms with E-state index in [1.807, 2.05) is 38.1 Å². The molecule has 0 amide bonds. The first-order valence-corrected chi connectivity index (χ1v) is 14.1. The Hall–Kier alpha value is -2.72. The minimum absolute atomic E-state index is 0.205. The fourth-order valence-corrected chi connectivity index (χ4v) is 5.86. The van der Waals surface area contributed by atoms with Crippen molar-refractivity contribution in [3.8, 4) is 11.5 Å². The van der Waals surface area contributed by atoms with E-state index in [2.05, 4.69) is 26.8 Å². The molecule has 7 heteroatoms. The maximum Gasteiger partial charge on any atom is 0.416 e. The molecule has 2 atom stereocenters. The van der Waals surface area contributed by atoms with Crippen molar-refractivity contribution in [2.45, 2.75) is 53.1 Å². The van der Waals surface area contributed by atoms with Gasteiger partial charge < -0.3 is 14.4 Å². The number of aryl methyl sites for hydroxylation is 1. The molecule has 0 bridgehead atoms. The lowest BCUT2D eigenvalue weighted by molar-refractivity contribution is 0.169. The lowest BCUT2D eigenvalue weighted by atomic mass is 9.91. The van der Waals surface area contributed by atoms with E-state index in [0.717, 1.165) is 39.8 Å². The maximum absolute atomic E-state index is 13.3. The highest BCUT2D eigenvalue weighted by Gasteiger charge is 2.33. The second kappa shape index (κ2) is 10.7. The summed E-state index contributed by atoms with van der Waals surface area (Å²) < 4.78 is 30.5. The van der Waals surface area contributed by atoms with Crippen molar-refractivity contribution in [1.29, 1.82) is 0 Å². The molecule has 0 saturated heterocycles. The zero-order valence-corrected chi connectivity index (χ0v) is 22.9. The third-order valence-corrected chi connectivity index (χ3v) is 8.28. The van der Waals surface area contributed by atoms with Gasteiger partial charge in [-0.05, 0) is 102 Å². The molecule has 1 heterocycles. The zero-order chi connectivity index (χ0) is 26.0. The Kier molecular flexibility index (Phi) is 7.85. The average Bonchev–Trinajstić information content (AvgIpc) is 2.84. The Morgan fingerprint density at radius 3 is 2.58 bits per heavy atom. The summed E-state index contributed by atoms with van der Waals surface area (Å²) in [5, 5.41) is 10.8. The number of phenols is 1. The van der Waals surface area contributed by atoms with E-state index in [9.17, 15) is 9.67 Å². The number of ether oxygens (including phenoxy) is 1. The van der Waals surface area contributed by atoms with E-state index >= 15 is 0 Å². The zero-order valence-electron chi connectivity index (χ0n) is 21.2. The average molecular weight is 527 g/mol. The molecule has 1 aliphatic rings. The Labute approximate surface area is 218 Å². The van der Waals surface area contributed by atoms with Gasteiger partial charge in [-0.15, -0.1) is 0 Å². The van der Waals surface area contributed by atoms with Crippen LogP contribution in [-0.4, -0.2) is 11.5 Å². The number of aromatic hydroxyl groups is 1. The van der Waals surface area contributed by atoms with Gasteiger partial charge in [0.05, 0.1) is 6.26 Å². The molecule has 36 heavy (non-hydrogen) atoms. The van der Waals surface area contributed by atoms with Gasteiger partial charge >= 0.3 is 7.60 Å². The molecule has 0 saturated carbocycles. The lowest BCUT2D eigenvalue weighted by Crippen LogP contribution is -2.11. The molecule has 4 rings (SSSR count). The first-order chi connectivity index (χ1) is 17.1. The predicted octanol–water partition coefficient (Wildman–Crippen LogP) is 8.52. The molecule has 3 aromatic carbocycles. The Morgan fingerprint density at radius 2 is 1.86 bits per heavy atom. The van der Waals surface area contributed by atoms with Gasteiger partial charge in [0.25, 0.3) is 0 Å². The van der Waals surface area contributed by atoms with Crippen LogP contribution in [0.5, 0.6) is 11.5 Å². The summed E-state index contributed by atoms with van der Waals surface area (Å²) in [6.07, 6.45) is 3.12. The fraction of sp³-hybridized carbons (Fsp3) is 0.310. The maximum atomic E-state index is 13.3. The molecule has 0 radical (unpaired) electrons. The second-order valence-corrected chi connectivity index (χ2v) is 11.9. The number of rotatable bonds is 7. The number of hydrogen-bond donors (Lipinski definition) is 1. The van der Waals surface area contributed by atoms with Gasteiger partial charge in [0.15, 0.2) is 0 Å². The van der Waals surface area contributed by atoms with Gasteiger partial charge in [-0.2, -0.15) is 0 Å². The minimum Gasteiger partial charge on any atom is -0.508 e. The highest BCUT2D eigenvalue weighted by molar-refractivity contribution is 7.53. The first-order valence-electron chi connectivity index (χ1n) is 12.0. The van der Waals surface area contributed by atoms with Crippen LogP contribution in [0.1, 0.15) is 64.8 Å². The van der Waals surface area contributed by atoms with Crippen LogP contribution in [0.2, 0.25) is 5.02 Å². The summed E-state index contributed by atoms with van der Waals surface area (Å²) in [4.78, 5) is 0. The van der Waals surface area contributed by atoms with Gasteiger partial charge in [-0.3, -0.25) is 4.52 Å². The fourth-order valence-electron chi connectivity index (χ4n) is 4.40. The van der Waals surface area contributed by atoms with Crippen LogP contribution < -0.4 is 4.74 Å². The summed E-state index contributed by atoms with van der Waals surface area (Å²) in [7, 11) is -3.53. The summed E-state index contributed by atoms with van der Waals surface area (Å²) in [6.45, 7) is 10.3. The summed E-state index contributed by atoms with van der Waals surface area (Å²) in [6, 6.07) is 15.0. The van der Waals surface area contributed by atoms with E-state index in [1.165, 1.54) is 11.8 Å². The van der Waals surface area contributed by atoms with E-state index in [-0.39, 0.29) is 12.3 Å². The highest BCUT2D eigenvalue weighted by atomic mass is 35.5. The van der Waals surface area contributed by atoms with Gasteiger partial charge in [-0.1, -0.05) is 49.7 Å². The van der Waals surface area contributed by atoms with Crippen LogP contribution in [0.15, 0.2) is 60.9 Å². The minimum atomic E-state index is -3.53. The molecule has 190 valence electrons. The topological polar surface area (TPSA) is 65.0 Å². The molecule has 0 spiro atoms. The predicted molar refractivity (Wildman–Crippen MR) is 144 cm³/mol. The Bertz CT molecular complexity index is 1350. The molecule has 0 fully saturated rings. The summed E-state index contributed by atoms with van der Waals surface area (Å²) in [5.41, 5.74) is 7.26. The van der Waals surface area contributed by atoms with Gasteiger partial charge in [0.1, 0.15) is 17.6 Å². The van der Waals surface area contributed by atoms with Crippen LogP contribution in [0, 0.1) is 20.8 Å². The van der Waals surface area contributed by atoms with Crippen LogP contribution >= 0.6 is 19.2 Å². The van der Waals surface area contributed by atoms with E-state index in [1.54, 1.807) is 24.3 Å². The van der Waals surface area contributed by atoms with Gasteiger partial charge in [0.2, 0.25) is 6.35 Å². The van der Waals surface area contributed by atoms with Gasteiger partial charge in [0, 0.05) is 5.02 Å². The number of hydrogen-bond acceptors (Lipinski definition) is 5. The van der Waals surface area contributed by atoms with E-state index < -0.39 is 13.7 Å². The Balaban J connectivity index is 1.51. The monoisotopic (exact) mass is 526 g/mol. The third-order valence-electron chi connectivity index (χ3n) is 6.61. The molecular weight excluding hydrogens is 495 g/mol. The van der Waals surface area contributed by atoms with Crippen molar-refractivity contribution in [3.05, 3.63) is 105 Å². The van der Waals surface area contributed by atoms with Crippen molar-refractivity contribution in [2.75, 3.05) is 6.35 Å². The molecule has 0 aromatic heterocycles. The molecule has 0 aliphatic carbocycles. The van der Waals surface area contributed by atoms with Crippen molar-refractivity contribution >= 4 is 19.2 Å². The summed E-state index contributed by atoms with van der Waals surface area (Å²) in [5.74, 6) is 1.22. The van der Waals surface area contributed by atoms with Gasteiger partial charge in [-0.25, -0.2) is 4.57 Å². The number of halogens is 1. The van der Waals surface area contributed by atoms with Crippen LogP contribution in [0.25, 0.3) is 0 Å². The number of phenolic OH excluding ortho intramolecular Hbond substituents is 1. The van der Waals surface area contributed by atoms with Crippen LogP contribution in [-0.2, 0) is 20.0 Å². The molecule has 5 nitrogen and oxygen atoms in total. The molecular formula is C29H32ClO5P. The number of benzene rings is 3. The standard InChI is InChI=1S/C29H32ClO5P/c1-18(2)25-14-22(9-10-27(25)31)15-26-19(3)13-29(21(5)20(26)4)33-17-36(32)34-12-11-28(35-36)23-7-6-8-24(30)16-23/h6-14,16,18,28,31H,15,17H2,1-5H3/t28-,36+/m0/s1. The highest BCUT2D eigenvalue weighted by Crippen LogP contribution is 2.55. The van der Waals surface area contributed by atoms with Crippen LogP contribution in [0.3, 0.4) is 0 Å². The Morgan fingerprint density at radius 1 is 1.08 bits per heavy atom. The van der Waals surface area contributed by atoms with Crippen LogP contribution in [0.4, 0.5) is 0 Å². The summed E-state index contributed by atoms with van der Waals surface area (Å²) >= 11 is 6.10. The molecule has 0 unspecified atom stereocenters. The normalized spacial score (nSPS) is 19.4. The quantitative estimate of drug-likeness (QED) is 0.312. The lowest BCUT2D eigenvalue weighted by Gasteiger charge is -2.26. The van der Waals surface area contributed by atoms with Crippen molar-refractivity contribution in [2.24, 2.45) is 0 Å². The smallest absolute Gasteiger partial charge is 0.416 e. The first kappa shape index (κ1) is 26.3. The third kappa shape index (κ3) is 5.81. The van der Waals surface area contributed by atoms with E-state index in [0.29, 0.717) is 16.5 Å². The molecule has 1 N–H and O–H groups in total.